The summed E-state index contributed by atoms with van der Waals surface area (Å²) < 4.78 is 5.37. The average molecular weight is 410 g/mol. The molecule has 2 aromatic carbocycles. The van der Waals surface area contributed by atoms with Gasteiger partial charge in [0.05, 0.1) is 18.9 Å². The van der Waals surface area contributed by atoms with Gasteiger partial charge in [-0.2, -0.15) is 0 Å². The summed E-state index contributed by atoms with van der Waals surface area (Å²) in [6.45, 7) is 3.03. The molecule has 0 bridgehead atoms. The third kappa shape index (κ3) is 5.01. The van der Waals surface area contributed by atoms with Crippen LogP contribution in [0.15, 0.2) is 60.7 Å². The van der Waals surface area contributed by atoms with Crippen molar-refractivity contribution < 1.29 is 9.53 Å². The number of benzene rings is 2. The number of amides is 2. The predicted molar refractivity (Wildman–Crippen MR) is 115 cm³/mol. The Balaban J connectivity index is 1.43. The highest BCUT2D eigenvalue weighted by Crippen LogP contribution is 2.22. The third-order valence-corrected chi connectivity index (χ3v) is 4.72. The molecule has 2 heterocycles. The first kappa shape index (κ1) is 19.2. The number of hydrogen-bond donors (Lipinski definition) is 2. The molecule has 1 aliphatic heterocycles. The molecule has 0 atom stereocenters. The molecular formula is C21H20ClN5O2. The van der Waals surface area contributed by atoms with Crippen molar-refractivity contribution in [2.45, 2.75) is 0 Å². The van der Waals surface area contributed by atoms with E-state index in [9.17, 15) is 4.79 Å². The van der Waals surface area contributed by atoms with Gasteiger partial charge in [0.1, 0.15) is 0 Å². The number of carbonyl (C=O) groups excluding carboxylic acids is 1. The monoisotopic (exact) mass is 409 g/mol. The number of anilines is 3. The van der Waals surface area contributed by atoms with E-state index in [1.165, 1.54) is 0 Å². The van der Waals surface area contributed by atoms with E-state index in [1.807, 2.05) is 36.4 Å². The molecule has 2 N–H and O–H groups in total. The molecule has 1 saturated heterocycles. The number of carbonyl (C=O) groups is 1. The number of rotatable bonds is 4. The van der Waals surface area contributed by atoms with Crippen molar-refractivity contribution >= 4 is 34.8 Å². The SMILES string of the molecule is O=C(Nc1cccc(Cl)c1)Nc1cccc(-c2ccc(N3CCOCC3)nn2)c1. The summed E-state index contributed by atoms with van der Waals surface area (Å²) in [4.78, 5) is 14.4. The number of aromatic nitrogens is 2. The number of halogens is 1. The van der Waals surface area contributed by atoms with Gasteiger partial charge in [0.25, 0.3) is 0 Å². The van der Waals surface area contributed by atoms with E-state index in [0.29, 0.717) is 29.6 Å². The van der Waals surface area contributed by atoms with E-state index in [-0.39, 0.29) is 6.03 Å². The number of urea groups is 1. The summed E-state index contributed by atoms with van der Waals surface area (Å²) in [6, 6.07) is 18.0. The Hall–Kier alpha value is -3.16. The fourth-order valence-electron chi connectivity index (χ4n) is 3.06. The van der Waals surface area contributed by atoms with Crippen LogP contribution in [0.25, 0.3) is 11.3 Å². The largest absolute Gasteiger partial charge is 0.378 e. The van der Waals surface area contributed by atoms with Gasteiger partial charge in [0, 0.05) is 35.1 Å². The van der Waals surface area contributed by atoms with Crippen LogP contribution < -0.4 is 15.5 Å². The summed E-state index contributed by atoms with van der Waals surface area (Å²) in [5.74, 6) is 0.840. The molecular weight excluding hydrogens is 390 g/mol. The highest BCUT2D eigenvalue weighted by atomic mass is 35.5. The predicted octanol–water partition coefficient (Wildman–Crippen LogP) is 4.28. The van der Waals surface area contributed by atoms with Crippen LogP contribution in [-0.2, 0) is 4.74 Å². The first-order chi connectivity index (χ1) is 14.2. The van der Waals surface area contributed by atoms with E-state index in [1.54, 1.807) is 24.3 Å². The second kappa shape index (κ2) is 8.89. The van der Waals surface area contributed by atoms with Crippen molar-refractivity contribution in [1.29, 1.82) is 0 Å². The lowest BCUT2D eigenvalue weighted by atomic mass is 10.1. The quantitative estimate of drug-likeness (QED) is 0.672. The second-order valence-corrected chi connectivity index (χ2v) is 6.98. The lowest BCUT2D eigenvalue weighted by Gasteiger charge is -2.27. The first-order valence-electron chi connectivity index (χ1n) is 9.28. The summed E-state index contributed by atoms with van der Waals surface area (Å²) in [5.41, 5.74) is 2.88. The van der Waals surface area contributed by atoms with Crippen molar-refractivity contribution in [3.8, 4) is 11.3 Å². The minimum Gasteiger partial charge on any atom is -0.378 e. The summed E-state index contributed by atoms with van der Waals surface area (Å²) in [7, 11) is 0. The number of ether oxygens (including phenoxy) is 1. The number of nitrogens with zero attached hydrogens (tertiary/aromatic N) is 3. The third-order valence-electron chi connectivity index (χ3n) is 4.48. The zero-order valence-corrected chi connectivity index (χ0v) is 16.4. The van der Waals surface area contributed by atoms with Gasteiger partial charge in [-0.25, -0.2) is 4.79 Å². The molecule has 1 aliphatic rings. The van der Waals surface area contributed by atoms with Crippen LogP contribution in [0.5, 0.6) is 0 Å². The maximum atomic E-state index is 12.3. The Labute approximate surface area is 173 Å². The van der Waals surface area contributed by atoms with E-state index >= 15 is 0 Å². The molecule has 8 heteroatoms. The standard InChI is InChI=1S/C21H20ClN5O2/c22-16-4-2-6-18(14-16)24-21(28)23-17-5-1-3-15(13-17)19-7-8-20(26-25-19)27-9-11-29-12-10-27/h1-8,13-14H,9-12H2,(H2,23,24,28). The smallest absolute Gasteiger partial charge is 0.323 e. The molecule has 0 radical (unpaired) electrons. The molecule has 0 spiro atoms. The van der Waals surface area contributed by atoms with Gasteiger partial charge < -0.3 is 20.3 Å². The Morgan fingerprint density at radius 1 is 0.931 bits per heavy atom. The van der Waals surface area contributed by atoms with E-state index < -0.39 is 0 Å². The molecule has 1 fully saturated rings. The minimum atomic E-state index is -0.349. The molecule has 3 aromatic rings. The van der Waals surface area contributed by atoms with Crippen LogP contribution in [0.1, 0.15) is 0 Å². The zero-order chi connectivity index (χ0) is 20.1. The maximum absolute atomic E-state index is 12.3. The van der Waals surface area contributed by atoms with Crippen LogP contribution in [0.4, 0.5) is 22.0 Å². The van der Waals surface area contributed by atoms with Crippen LogP contribution in [0.2, 0.25) is 5.02 Å². The highest BCUT2D eigenvalue weighted by molar-refractivity contribution is 6.30. The molecule has 4 rings (SSSR count). The molecule has 148 valence electrons. The van der Waals surface area contributed by atoms with Crippen LogP contribution in [0, 0.1) is 0 Å². The van der Waals surface area contributed by atoms with E-state index in [0.717, 1.165) is 30.2 Å². The highest BCUT2D eigenvalue weighted by Gasteiger charge is 2.13. The Morgan fingerprint density at radius 2 is 1.66 bits per heavy atom. The molecule has 0 saturated carbocycles. The maximum Gasteiger partial charge on any atom is 0.323 e. The lowest BCUT2D eigenvalue weighted by Crippen LogP contribution is -2.36. The van der Waals surface area contributed by atoms with Crippen molar-refractivity contribution in [2.24, 2.45) is 0 Å². The Bertz CT molecular complexity index is 990. The fraction of sp³-hybridized carbons (Fsp3) is 0.190. The number of nitrogens with one attached hydrogen (secondary N) is 2. The minimum absolute atomic E-state index is 0.349. The average Bonchev–Trinajstić information content (AvgIpc) is 2.75. The molecule has 7 nitrogen and oxygen atoms in total. The van der Waals surface area contributed by atoms with E-state index in [4.69, 9.17) is 16.3 Å². The van der Waals surface area contributed by atoms with E-state index in [2.05, 4.69) is 25.7 Å². The molecule has 0 unspecified atom stereocenters. The van der Waals surface area contributed by atoms with Crippen molar-refractivity contribution in [1.82, 2.24) is 10.2 Å². The molecule has 0 aliphatic carbocycles. The number of hydrogen-bond acceptors (Lipinski definition) is 5. The van der Waals surface area contributed by atoms with Crippen LogP contribution in [0.3, 0.4) is 0 Å². The molecule has 2 amide bonds. The second-order valence-electron chi connectivity index (χ2n) is 6.55. The van der Waals surface area contributed by atoms with Gasteiger partial charge in [0.2, 0.25) is 0 Å². The van der Waals surface area contributed by atoms with Gasteiger partial charge in [-0.1, -0.05) is 29.8 Å². The topological polar surface area (TPSA) is 79.4 Å². The Kier molecular flexibility index (Phi) is 5.88. The molecule has 1 aromatic heterocycles. The van der Waals surface area contributed by atoms with Crippen molar-refractivity contribution in [3.63, 3.8) is 0 Å². The van der Waals surface area contributed by atoms with Gasteiger partial charge in [-0.3, -0.25) is 0 Å². The molecule has 29 heavy (non-hydrogen) atoms. The van der Waals surface area contributed by atoms with Gasteiger partial charge >= 0.3 is 6.03 Å². The summed E-state index contributed by atoms with van der Waals surface area (Å²) in [5, 5.41) is 14.8. The van der Waals surface area contributed by atoms with Gasteiger partial charge in [0.15, 0.2) is 5.82 Å². The van der Waals surface area contributed by atoms with Crippen LogP contribution in [-0.4, -0.2) is 42.5 Å². The first-order valence-corrected chi connectivity index (χ1v) is 9.66. The van der Waals surface area contributed by atoms with Crippen LogP contribution >= 0.6 is 11.6 Å². The van der Waals surface area contributed by atoms with Crippen molar-refractivity contribution in [3.05, 3.63) is 65.7 Å². The van der Waals surface area contributed by atoms with Crippen molar-refractivity contribution in [2.75, 3.05) is 41.8 Å². The zero-order valence-electron chi connectivity index (χ0n) is 15.6. The summed E-state index contributed by atoms with van der Waals surface area (Å²) >= 11 is 5.94. The van der Waals surface area contributed by atoms with Gasteiger partial charge in [-0.05, 0) is 42.5 Å². The normalized spacial score (nSPS) is 13.8. The summed E-state index contributed by atoms with van der Waals surface area (Å²) in [6.07, 6.45) is 0. The Morgan fingerprint density at radius 3 is 2.34 bits per heavy atom. The lowest BCUT2D eigenvalue weighted by molar-refractivity contribution is 0.122. The fourth-order valence-corrected chi connectivity index (χ4v) is 3.25. The number of morpholine rings is 1. The van der Waals surface area contributed by atoms with Gasteiger partial charge in [-0.15, -0.1) is 10.2 Å².